The fourth-order valence-electron chi connectivity index (χ4n) is 7.86. The summed E-state index contributed by atoms with van der Waals surface area (Å²) in [7, 11) is -2.12. The first kappa shape index (κ1) is 44.1. The van der Waals surface area contributed by atoms with Gasteiger partial charge in [0.25, 0.3) is 0 Å². The monoisotopic (exact) mass is 774 g/mol. The maximum Gasteiger partial charge on any atom is 0.332 e. The van der Waals surface area contributed by atoms with Crippen molar-refractivity contribution in [3.05, 3.63) is 53.6 Å². The van der Waals surface area contributed by atoms with Crippen LogP contribution >= 0.6 is 0 Å². The van der Waals surface area contributed by atoms with Crippen LogP contribution in [0.15, 0.2) is 58.5 Å². The predicted octanol–water partition coefficient (Wildman–Crippen LogP) is 7.83. The molecule has 2 saturated heterocycles. The van der Waals surface area contributed by atoms with E-state index in [-0.39, 0.29) is 67.3 Å². The van der Waals surface area contributed by atoms with Crippen molar-refractivity contribution in [1.82, 2.24) is 0 Å². The summed E-state index contributed by atoms with van der Waals surface area (Å²) in [4.78, 5) is 24.8. The van der Waals surface area contributed by atoms with Gasteiger partial charge in [0.1, 0.15) is 13.2 Å². The molecule has 0 aromatic heterocycles. The van der Waals surface area contributed by atoms with Crippen molar-refractivity contribution in [1.29, 1.82) is 0 Å². The molecule has 2 fully saturated rings. The Morgan fingerprint density at radius 1 is 0.963 bits per heavy atom. The summed E-state index contributed by atoms with van der Waals surface area (Å²) in [6.45, 7) is 18.7. The van der Waals surface area contributed by atoms with Crippen LogP contribution in [-0.4, -0.2) is 89.7 Å². The molecule has 2 unspecified atom stereocenters. The molecular weight excluding hydrogens is 709 g/mol. The van der Waals surface area contributed by atoms with Gasteiger partial charge in [-0.1, -0.05) is 57.5 Å². The van der Waals surface area contributed by atoms with Crippen molar-refractivity contribution in [2.75, 3.05) is 32.7 Å². The Morgan fingerprint density at radius 2 is 1.65 bits per heavy atom. The molecule has 0 bridgehead atoms. The number of benzene rings is 1. The van der Waals surface area contributed by atoms with Crippen LogP contribution in [0.5, 0.6) is 0 Å². The van der Waals surface area contributed by atoms with Gasteiger partial charge in [0.2, 0.25) is 0 Å². The zero-order valence-corrected chi connectivity index (χ0v) is 34.8. The zero-order chi connectivity index (χ0) is 39.6. The lowest BCUT2D eigenvalue weighted by Gasteiger charge is -2.36. The normalized spacial score (nSPS) is 28.3. The van der Waals surface area contributed by atoms with Gasteiger partial charge in [-0.3, -0.25) is 4.79 Å². The van der Waals surface area contributed by atoms with Gasteiger partial charge >= 0.3 is 11.9 Å². The van der Waals surface area contributed by atoms with E-state index in [1.165, 1.54) is 7.11 Å². The Hall–Kier alpha value is -2.57. The van der Waals surface area contributed by atoms with E-state index in [1.54, 1.807) is 24.3 Å². The van der Waals surface area contributed by atoms with E-state index in [0.29, 0.717) is 30.3 Å². The number of hydrogen-bond acceptors (Lipinski definition) is 10. The Bertz CT molecular complexity index is 1530. The molecule has 4 rings (SSSR count). The van der Waals surface area contributed by atoms with Crippen LogP contribution in [0.25, 0.3) is 0 Å². The summed E-state index contributed by atoms with van der Waals surface area (Å²) >= 11 is 0. The van der Waals surface area contributed by atoms with Gasteiger partial charge in [0.05, 0.1) is 59.3 Å². The lowest BCUT2D eigenvalue weighted by molar-refractivity contribution is -0.153. The third-order valence-electron chi connectivity index (χ3n) is 11.4. The van der Waals surface area contributed by atoms with Crippen molar-refractivity contribution in [3.63, 3.8) is 0 Å². The molecule has 9 atom stereocenters. The van der Waals surface area contributed by atoms with E-state index in [1.807, 2.05) is 26.8 Å². The molecule has 0 radical (unpaired) electrons. The Balaban J connectivity index is 1.46. The third-order valence-corrected chi connectivity index (χ3v) is 13.2. The van der Waals surface area contributed by atoms with Crippen molar-refractivity contribution in [2.24, 2.45) is 23.2 Å². The van der Waals surface area contributed by atoms with Gasteiger partial charge in [0.15, 0.2) is 9.84 Å². The molecule has 54 heavy (non-hydrogen) atoms. The highest BCUT2D eigenvalue weighted by Crippen LogP contribution is 2.42. The first-order chi connectivity index (χ1) is 25.5. The van der Waals surface area contributed by atoms with Gasteiger partial charge in [0, 0.05) is 19.4 Å². The highest BCUT2D eigenvalue weighted by molar-refractivity contribution is 7.91. The smallest absolute Gasteiger partial charge is 0.332 e. The van der Waals surface area contributed by atoms with Crippen molar-refractivity contribution >= 4 is 21.8 Å². The molecule has 10 nitrogen and oxygen atoms in total. The largest absolute Gasteiger partial charge is 0.465 e. The minimum Gasteiger partial charge on any atom is -0.465 e. The molecule has 0 spiro atoms. The molecule has 1 aromatic rings. The highest BCUT2D eigenvalue weighted by atomic mass is 32.2. The molecule has 3 heterocycles. The maximum absolute atomic E-state index is 13.8. The predicted molar refractivity (Wildman–Crippen MR) is 209 cm³/mol. The summed E-state index contributed by atoms with van der Waals surface area (Å²) in [6, 6.07) is 8.64. The lowest BCUT2D eigenvalue weighted by atomic mass is 9.83. The standard InChI is InChI=1S/C43H66O10S/c1-10-28(2)21-38-31(5)36(27-54(46,47)34-16-12-11-13-17-34)40(53-38)24-39-35(25-50-41(44)26-48-9)29(3)22-33(52-39)18-19-37-30(4)23-32(51-37)15-14-20-49-42(45)43(6,7)8/h11-13,16-17,28,31-33,36-40H,4,10,14-15,18-27H2,1-3,5-9H3/t28-,31-,32+,33+,36-,37?,38-,39-,40?/m1/s1. The van der Waals surface area contributed by atoms with Crippen LogP contribution in [0, 0.1) is 23.2 Å². The summed E-state index contributed by atoms with van der Waals surface area (Å²) in [5, 5.41) is 0. The topological polar surface area (TPSA) is 124 Å². The molecule has 304 valence electrons. The number of esters is 2. The molecule has 0 amide bonds. The number of hydrogen-bond donors (Lipinski definition) is 0. The summed E-state index contributed by atoms with van der Waals surface area (Å²) in [5.74, 6) is -0.444. The van der Waals surface area contributed by atoms with Crippen LogP contribution in [-0.2, 0) is 47.8 Å². The van der Waals surface area contributed by atoms with Gasteiger partial charge in [-0.2, -0.15) is 0 Å². The van der Waals surface area contributed by atoms with E-state index in [2.05, 4.69) is 34.3 Å². The van der Waals surface area contributed by atoms with Crippen LogP contribution < -0.4 is 0 Å². The van der Waals surface area contributed by atoms with Crippen LogP contribution in [0.1, 0.15) is 106 Å². The number of methoxy groups -OCH3 is 1. The Morgan fingerprint density at radius 3 is 2.31 bits per heavy atom. The number of ether oxygens (including phenoxy) is 6. The van der Waals surface area contributed by atoms with E-state index in [0.717, 1.165) is 61.7 Å². The highest BCUT2D eigenvalue weighted by Gasteiger charge is 2.46. The zero-order valence-electron chi connectivity index (χ0n) is 34.0. The fraction of sp³-hybridized carbons (Fsp3) is 0.721. The molecule has 3 aliphatic heterocycles. The van der Waals surface area contributed by atoms with E-state index >= 15 is 0 Å². The Kier molecular flexibility index (Phi) is 16.4. The molecule has 0 saturated carbocycles. The average Bonchev–Trinajstić information content (AvgIpc) is 3.61. The molecule has 0 N–H and O–H groups in total. The molecule has 11 heteroatoms. The minimum absolute atomic E-state index is 0.0157. The second kappa shape index (κ2) is 20.0. The van der Waals surface area contributed by atoms with Crippen LogP contribution in [0.2, 0.25) is 0 Å². The number of carbonyl (C=O) groups is 2. The quantitative estimate of drug-likeness (QED) is 0.0781. The summed E-state index contributed by atoms with van der Waals surface area (Å²) in [5.41, 5.74) is 2.55. The minimum atomic E-state index is -3.58. The SMILES string of the molecule is C=C1C[C@H](CCCOC(=O)C(C)(C)C)OC1CC[C@H]1CC(C)=C(COC(=O)COC)[C@@H](CC2O[C@H](C[C@H](C)CC)[C@H](C)[C@H]2CS(=O)(=O)c2ccccc2)O1. The van der Waals surface area contributed by atoms with Crippen LogP contribution in [0.4, 0.5) is 0 Å². The number of sulfone groups is 1. The lowest BCUT2D eigenvalue weighted by Crippen LogP contribution is -2.38. The van der Waals surface area contributed by atoms with Crippen molar-refractivity contribution < 1.29 is 46.4 Å². The van der Waals surface area contributed by atoms with E-state index < -0.39 is 27.3 Å². The third kappa shape index (κ3) is 12.5. The summed E-state index contributed by atoms with van der Waals surface area (Å²) < 4.78 is 63.7. The van der Waals surface area contributed by atoms with Crippen molar-refractivity contribution in [2.45, 2.75) is 148 Å². The fourth-order valence-corrected chi connectivity index (χ4v) is 9.65. The molecule has 3 aliphatic rings. The van der Waals surface area contributed by atoms with Gasteiger partial charge in [-0.15, -0.1) is 0 Å². The second-order valence-corrected chi connectivity index (χ2v) is 18.9. The van der Waals surface area contributed by atoms with Gasteiger partial charge < -0.3 is 28.4 Å². The van der Waals surface area contributed by atoms with E-state index in [4.69, 9.17) is 28.4 Å². The first-order valence-electron chi connectivity index (χ1n) is 19.9. The van der Waals surface area contributed by atoms with Crippen LogP contribution in [0.3, 0.4) is 0 Å². The number of rotatable bonds is 19. The van der Waals surface area contributed by atoms with Gasteiger partial charge in [-0.25, -0.2) is 13.2 Å². The molecular formula is C43H66O10S. The molecule has 1 aromatic carbocycles. The number of carbonyl (C=O) groups excluding carboxylic acids is 2. The maximum atomic E-state index is 13.8. The Labute approximate surface area is 324 Å². The summed E-state index contributed by atoms with van der Waals surface area (Å²) in [6.07, 6.45) is 5.80. The van der Waals surface area contributed by atoms with E-state index in [9.17, 15) is 18.0 Å². The second-order valence-electron chi connectivity index (χ2n) is 16.9. The van der Waals surface area contributed by atoms with Crippen molar-refractivity contribution in [3.8, 4) is 0 Å². The van der Waals surface area contributed by atoms with Gasteiger partial charge in [-0.05, 0) is 108 Å². The first-order valence-corrected chi connectivity index (χ1v) is 21.6. The average molecular weight is 775 g/mol. The molecule has 0 aliphatic carbocycles.